The summed E-state index contributed by atoms with van der Waals surface area (Å²) in [5, 5.41) is 0. The van der Waals surface area contributed by atoms with E-state index in [1.54, 1.807) is 0 Å². The minimum atomic E-state index is 0. The maximum absolute atomic E-state index is 2.30. The Morgan fingerprint density at radius 1 is 1.17 bits per heavy atom. The first kappa shape index (κ1) is 6.00. The van der Waals surface area contributed by atoms with E-state index in [9.17, 15) is 0 Å². The molecule has 1 fully saturated rings. The van der Waals surface area contributed by atoms with Crippen LogP contribution in [-0.4, -0.2) is 0 Å². The zero-order valence-electron chi connectivity index (χ0n) is 3.91. The van der Waals surface area contributed by atoms with E-state index in [0.29, 0.717) is 0 Å². The summed E-state index contributed by atoms with van der Waals surface area (Å²) in [6.45, 7) is 4.60. The van der Waals surface area contributed by atoms with Gasteiger partial charge in [0, 0.05) is 0 Å². The molecule has 0 nitrogen and oxygen atoms in total. The summed E-state index contributed by atoms with van der Waals surface area (Å²) in [5.41, 5.74) is 0.750. The highest BCUT2D eigenvalue weighted by molar-refractivity contribution is 4.82. The van der Waals surface area contributed by atoms with Crippen molar-refractivity contribution in [2.75, 3.05) is 0 Å². The Kier molecular flexibility index (Phi) is 1.25. The Labute approximate surface area is 40.6 Å². The molecule has 0 bridgehead atoms. The van der Waals surface area contributed by atoms with Gasteiger partial charge in [-0.3, -0.25) is 0 Å². The van der Waals surface area contributed by atoms with Crippen LogP contribution in [0.15, 0.2) is 0 Å². The van der Waals surface area contributed by atoms with Crippen LogP contribution in [0.3, 0.4) is 0 Å². The fourth-order valence-electron chi connectivity index (χ4n) is 0.250. The fourth-order valence-corrected chi connectivity index (χ4v) is 0.250. The zero-order valence-corrected chi connectivity index (χ0v) is 3.91. The summed E-state index contributed by atoms with van der Waals surface area (Å²) < 4.78 is 0. The van der Waals surface area contributed by atoms with Crippen molar-refractivity contribution < 1.29 is 0 Å². The van der Waals surface area contributed by atoms with Gasteiger partial charge >= 0.3 is 0 Å². The Hall–Kier alpha value is 0. The lowest BCUT2D eigenvalue weighted by atomic mass is 10.2. The van der Waals surface area contributed by atoms with Gasteiger partial charge in [-0.25, -0.2) is 0 Å². The molecule has 0 heterocycles. The molecular formula is C6H14. The van der Waals surface area contributed by atoms with E-state index in [2.05, 4.69) is 13.8 Å². The lowest BCUT2D eigenvalue weighted by molar-refractivity contribution is 0.653. The van der Waals surface area contributed by atoms with Crippen LogP contribution in [0, 0.1) is 5.41 Å². The van der Waals surface area contributed by atoms with Crippen molar-refractivity contribution in [3.8, 4) is 0 Å². The standard InChI is InChI=1S/C5H10.CH4/c1-5(2)3-4-5;/h3-4H2,1-2H3;1H4. The predicted molar refractivity (Wildman–Crippen MR) is 29.7 cm³/mol. The van der Waals surface area contributed by atoms with Crippen molar-refractivity contribution in [3.05, 3.63) is 0 Å². The number of rotatable bonds is 0. The lowest BCUT2D eigenvalue weighted by Crippen LogP contribution is -1.75. The van der Waals surface area contributed by atoms with Gasteiger partial charge in [-0.1, -0.05) is 21.3 Å². The van der Waals surface area contributed by atoms with E-state index >= 15 is 0 Å². The average molecular weight is 86.2 g/mol. The van der Waals surface area contributed by atoms with Gasteiger partial charge in [0.25, 0.3) is 0 Å². The van der Waals surface area contributed by atoms with Crippen LogP contribution in [-0.2, 0) is 0 Å². The first-order valence-electron chi connectivity index (χ1n) is 2.21. The second-order valence-corrected chi connectivity index (χ2v) is 2.66. The molecule has 1 rings (SSSR count). The average Bonchev–Trinajstić information content (AvgIpc) is 1.76. The van der Waals surface area contributed by atoms with Crippen molar-refractivity contribution in [3.63, 3.8) is 0 Å². The van der Waals surface area contributed by atoms with Gasteiger partial charge in [-0.05, 0) is 18.3 Å². The topological polar surface area (TPSA) is 0 Å². The SMILES string of the molecule is C.CC1(C)CC1. The van der Waals surface area contributed by atoms with Crippen LogP contribution in [0.4, 0.5) is 0 Å². The summed E-state index contributed by atoms with van der Waals surface area (Å²) in [4.78, 5) is 0. The van der Waals surface area contributed by atoms with Crippen molar-refractivity contribution >= 4 is 0 Å². The second kappa shape index (κ2) is 1.25. The highest BCUT2D eigenvalue weighted by Gasteiger charge is 2.30. The molecule has 0 aromatic heterocycles. The van der Waals surface area contributed by atoms with Crippen molar-refractivity contribution in [1.82, 2.24) is 0 Å². The Morgan fingerprint density at radius 3 is 1.33 bits per heavy atom. The predicted octanol–water partition coefficient (Wildman–Crippen LogP) is 2.44. The van der Waals surface area contributed by atoms with Crippen LogP contribution < -0.4 is 0 Å². The second-order valence-electron chi connectivity index (χ2n) is 2.66. The van der Waals surface area contributed by atoms with E-state index in [1.807, 2.05) is 0 Å². The Balaban J connectivity index is 0.000000250. The molecule has 0 spiro atoms. The molecule has 0 unspecified atom stereocenters. The summed E-state index contributed by atoms with van der Waals surface area (Å²) in [6, 6.07) is 0. The van der Waals surface area contributed by atoms with Gasteiger partial charge in [-0.15, -0.1) is 0 Å². The molecule has 0 radical (unpaired) electrons. The van der Waals surface area contributed by atoms with Gasteiger partial charge in [0.1, 0.15) is 0 Å². The molecule has 0 heteroatoms. The van der Waals surface area contributed by atoms with Crippen molar-refractivity contribution in [2.45, 2.75) is 34.1 Å². The van der Waals surface area contributed by atoms with Crippen LogP contribution in [0.25, 0.3) is 0 Å². The summed E-state index contributed by atoms with van der Waals surface area (Å²) in [7, 11) is 0. The lowest BCUT2D eigenvalue weighted by Gasteiger charge is -1.86. The maximum atomic E-state index is 2.30. The maximum Gasteiger partial charge on any atom is -0.0354 e. The normalized spacial score (nSPS) is 25.0. The molecule has 0 amide bonds. The van der Waals surface area contributed by atoms with Crippen molar-refractivity contribution in [2.24, 2.45) is 5.41 Å². The quantitative estimate of drug-likeness (QED) is 0.424. The Morgan fingerprint density at radius 2 is 1.33 bits per heavy atom. The fraction of sp³-hybridized carbons (Fsp3) is 1.00. The molecule has 0 aromatic carbocycles. The molecule has 1 aliphatic carbocycles. The monoisotopic (exact) mass is 86.1 g/mol. The number of hydrogen-bond acceptors (Lipinski definition) is 0. The molecule has 6 heavy (non-hydrogen) atoms. The molecule has 1 aliphatic rings. The van der Waals surface area contributed by atoms with E-state index in [0.717, 1.165) is 5.41 Å². The van der Waals surface area contributed by atoms with E-state index in [1.165, 1.54) is 12.8 Å². The minimum absolute atomic E-state index is 0. The summed E-state index contributed by atoms with van der Waals surface area (Å²) >= 11 is 0. The van der Waals surface area contributed by atoms with E-state index < -0.39 is 0 Å². The van der Waals surface area contributed by atoms with Gasteiger partial charge in [0.15, 0.2) is 0 Å². The third-order valence-electron chi connectivity index (χ3n) is 1.25. The van der Waals surface area contributed by atoms with E-state index in [-0.39, 0.29) is 7.43 Å². The zero-order chi connectivity index (χ0) is 3.91. The first-order chi connectivity index (χ1) is 2.21. The van der Waals surface area contributed by atoms with Crippen LogP contribution >= 0.6 is 0 Å². The molecule has 0 aliphatic heterocycles. The van der Waals surface area contributed by atoms with Crippen molar-refractivity contribution in [1.29, 1.82) is 0 Å². The first-order valence-corrected chi connectivity index (χ1v) is 2.21. The van der Waals surface area contributed by atoms with Crippen LogP contribution in [0.2, 0.25) is 0 Å². The van der Waals surface area contributed by atoms with Gasteiger partial charge in [-0.2, -0.15) is 0 Å². The summed E-state index contributed by atoms with van der Waals surface area (Å²) in [5.74, 6) is 0. The summed E-state index contributed by atoms with van der Waals surface area (Å²) in [6.07, 6.45) is 2.90. The molecular weight excluding hydrogens is 72.1 g/mol. The minimum Gasteiger partial charge on any atom is -0.0776 e. The largest absolute Gasteiger partial charge is 0.0776 e. The molecule has 0 saturated heterocycles. The molecule has 0 aromatic rings. The highest BCUT2D eigenvalue weighted by atomic mass is 14.4. The molecule has 38 valence electrons. The van der Waals surface area contributed by atoms with Crippen LogP contribution in [0.5, 0.6) is 0 Å². The van der Waals surface area contributed by atoms with Gasteiger partial charge in [0.05, 0.1) is 0 Å². The van der Waals surface area contributed by atoms with Gasteiger partial charge < -0.3 is 0 Å². The molecule has 0 N–H and O–H groups in total. The highest BCUT2D eigenvalue weighted by Crippen LogP contribution is 2.43. The smallest absolute Gasteiger partial charge is 0.0354 e. The molecule has 1 saturated carbocycles. The van der Waals surface area contributed by atoms with E-state index in [4.69, 9.17) is 0 Å². The van der Waals surface area contributed by atoms with Gasteiger partial charge in [0.2, 0.25) is 0 Å². The molecule has 0 atom stereocenters. The Bertz CT molecular complexity index is 38.0. The number of hydrogen-bond donors (Lipinski definition) is 0. The third kappa shape index (κ3) is 1.44. The third-order valence-corrected chi connectivity index (χ3v) is 1.25. The van der Waals surface area contributed by atoms with Crippen LogP contribution in [0.1, 0.15) is 34.1 Å².